The van der Waals surface area contributed by atoms with Gasteiger partial charge in [-0.1, -0.05) is 25.4 Å². The Morgan fingerprint density at radius 3 is 3.00 bits per heavy atom. The van der Waals surface area contributed by atoms with Gasteiger partial charge in [0, 0.05) is 24.7 Å². The molecule has 6 heteroatoms. The molecule has 1 aliphatic heterocycles. The lowest BCUT2D eigenvalue weighted by molar-refractivity contribution is -0.117. The molecule has 1 saturated heterocycles. The first-order valence-electron chi connectivity index (χ1n) is 7.58. The van der Waals surface area contributed by atoms with E-state index >= 15 is 0 Å². The predicted octanol–water partition coefficient (Wildman–Crippen LogP) is 2.69. The van der Waals surface area contributed by atoms with E-state index in [1.165, 1.54) is 0 Å². The van der Waals surface area contributed by atoms with Gasteiger partial charge in [0.2, 0.25) is 5.91 Å². The number of hydrogen-bond acceptors (Lipinski definition) is 4. The number of benzene rings is 1. The van der Waals surface area contributed by atoms with Gasteiger partial charge in [0.15, 0.2) is 0 Å². The predicted molar refractivity (Wildman–Crippen MR) is 87.6 cm³/mol. The molecule has 0 radical (unpaired) electrons. The van der Waals surface area contributed by atoms with Gasteiger partial charge in [-0.2, -0.15) is 0 Å². The third-order valence-electron chi connectivity index (χ3n) is 3.22. The van der Waals surface area contributed by atoms with Crippen LogP contribution in [0.25, 0.3) is 0 Å². The molecule has 1 fully saturated rings. The Balaban J connectivity index is 1.86. The number of carbonyl (C=O) groups excluding carboxylic acids is 1. The van der Waals surface area contributed by atoms with Crippen LogP contribution in [0.5, 0.6) is 5.75 Å². The second-order valence-corrected chi connectivity index (χ2v) is 6.24. The van der Waals surface area contributed by atoms with Crippen LogP contribution in [0.15, 0.2) is 18.2 Å². The Bertz CT molecular complexity index is 502. The Labute approximate surface area is 136 Å². The maximum atomic E-state index is 12.0. The van der Waals surface area contributed by atoms with E-state index in [-0.39, 0.29) is 11.9 Å². The van der Waals surface area contributed by atoms with Crippen LogP contribution in [0.1, 0.15) is 20.3 Å². The van der Waals surface area contributed by atoms with Crippen molar-refractivity contribution in [1.29, 1.82) is 0 Å². The molecule has 0 bridgehead atoms. The van der Waals surface area contributed by atoms with Gasteiger partial charge in [-0.3, -0.25) is 4.79 Å². The summed E-state index contributed by atoms with van der Waals surface area (Å²) < 4.78 is 10.9. The Hall–Kier alpha value is -1.30. The van der Waals surface area contributed by atoms with E-state index < -0.39 is 0 Å². The fourth-order valence-corrected chi connectivity index (χ4v) is 2.37. The summed E-state index contributed by atoms with van der Waals surface area (Å²) in [5, 5.41) is 6.60. The minimum absolute atomic E-state index is 0.0603. The van der Waals surface area contributed by atoms with Gasteiger partial charge in [0.25, 0.3) is 0 Å². The number of morpholine rings is 1. The molecule has 1 aromatic rings. The molecule has 0 saturated carbocycles. The van der Waals surface area contributed by atoms with Crippen LogP contribution >= 0.6 is 11.6 Å². The third-order valence-corrected chi connectivity index (χ3v) is 3.51. The van der Waals surface area contributed by atoms with Gasteiger partial charge < -0.3 is 20.1 Å². The molecule has 0 aliphatic carbocycles. The SMILES string of the molecule is CC(C)COc1ccc(NC(=O)CC2COCCN2)cc1Cl. The summed E-state index contributed by atoms with van der Waals surface area (Å²) in [6.45, 7) is 6.81. The summed E-state index contributed by atoms with van der Waals surface area (Å²) in [5.41, 5.74) is 0.670. The van der Waals surface area contributed by atoms with Crippen molar-refractivity contribution < 1.29 is 14.3 Å². The maximum Gasteiger partial charge on any atom is 0.226 e. The molecule has 22 heavy (non-hydrogen) atoms. The van der Waals surface area contributed by atoms with Crippen LogP contribution in [0.2, 0.25) is 5.02 Å². The van der Waals surface area contributed by atoms with Crippen LogP contribution in [-0.4, -0.2) is 38.3 Å². The number of nitrogens with one attached hydrogen (secondary N) is 2. The molecular formula is C16H23ClN2O3. The number of hydrogen-bond donors (Lipinski definition) is 2. The Morgan fingerprint density at radius 2 is 2.36 bits per heavy atom. The molecule has 5 nitrogen and oxygen atoms in total. The van der Waals surface area contributed by atoms with Crippen LogP contribution in [-0.2, 0) is 9.53 Å². The first-order valence-corrected chi connectivity index (χ1v) is 7.95. The third kappa shape index (κ3) is 5.48. The molecule has 0 spiro atoms. The van der Waals surface area contributed by atoms with Gasteiger partial charge in [0.1, 0.15) is 5.75 Å². The molecule has 0 aromatic heterocycles. The quantitative estimate of drug-likeness (QED) is 0.844. The lowest BCUT2D eigenvalue weighted by atomic mass is 10.2. The minimum atomic E-state index is -0.0603. The topological polar surface area (TPSA) is 59.6 Å². The van der Waals surface area contributed by atoms with Crippen molar-refractivity contribution in [2.24, 2.45) is 5.92 Å². The molecule has 122 valence electrons. The van der Waals surface area contributed by atoms with Crippen LogP contribution in [0.3, 0.4) is 0 Å². The van der Waals surface area contributed by atoms with Gasteiger partial charge in [-0.25, -0.2) is 0 Å². The molecular weight excluding hydrogens is 304 g/mol. The molecule has 1 amide bonds. The molecule has 2 N–H and O–H groups in total. The fourth-order valence-electron chi connectivity index (χ4n) is 2.14. The lowest BCUT2D eigenvalue weighted by Gasteiger charge is -2.23. The van der Waals surface area contributed by atoms with E-state index in [2.05, 4.69) is 24.5 Å². The number of amides is 1. The highest BCUT2D eigenvalue weighted by Gasteiger charge is 2.17. The van der Waals surface area contributed by atoms with Gasteiger partial charge in [-0.05, 0) is 24.1 Å². The number of anilines is 1. The first-order chi connectivity index (χ1) is 10.5. The van der Waals surface area contributed by atoms with E-state index in [1.807, 2.05) is 0 Å². The zero-order chi connectivity index (χ0) is 15.9. The zero-order valence-electron chi connectivity index (χ0n) is 13.0. The normalized spacial score (nSPS) is 18.3. The molecule has 1 unspecified atom stereocenters. The highest BCUT2D eigenvalue weighted by molar-refractivity contribution is 6.32. The Kier molecular flexibility index (Phi) is 6.49. The molecule has 1 atom stereocenters. The smallest absolute Gasteiger partial charge is 0.226 e. The fraction of sp³-hybridized carbons (Fsp3) is 0.562. The molecule has 2 rings (SSSR count). The van der Waals surface area contributed by atoms with Crippen molar-refractivity contribution in [3.63, 3.8) is 0 Å². The van der Waals surface area contributed by atoms with Crippen LogP contribution < -0.4 is 15.4 Å². The van der Waals surface area contributed by atoms with E-state index in [1.54, 1.807) is 18.2 Å². The lowest BCUT2D eigenvalue weighted by Crippen LogP contribution is -2.43. The van der Waals surface area contributed by atoms with Crippen molar-refractivity contribution >= 4 is 23.2 Å². The van der Waals surface area contributed by atoms with Crippen molar-refractivity contribution in [1.82, 2.24) is 5.32 Å². The summed E-state index contributed by atoms with van der Waals surface area (Å²) in [5.74, 6) is 1.01. The molecule has 1 heterocycles. The van der Waals surface area contributed by atoms with Crippen molar-refractivity contribution in [2.45, 2.75) is 26.3 Å². The molecule has 1 aromatic carbocycles. The number of rotatable bonds is 6. The van der Waals surface area contributed by atoms with E-state index in [0.717, 1.165) is 6.54 Å². The standard InChI is InChI=1S/C16H23ClN2O3/c1-11(2)9-22-15-4-3-12(7-14(15)17)19-16(20)8-13-10-21-6-5-18-13/h3-4,7,11,13,18H,5-6,8-10H2,1-2H3,(H,19,20). The maximum absolute atomic E-state index is 12.0. The highest BCUT2D eigenvalue weighted by atomic mass is 35.5. The first kappa shape index (κ1) is 17.1. The van der Waals surface area contributed by atoms with Crippen molar-refractivity contribution in [3.8, 4) is 5.75 Å². The summed E-state index contributed by atoms with van der Waals surface area (Å²) in [4.78, 5) is 12.0. The van der Waals surface area contributed by atoms with Gasteiger partial charge in [-0.15, -0.1) is 0 Å². The summed E-state index contributed by atoms with van der Waals surface area (Å²) in [7, 11) is 0. The number of halogens is 1. The average molecular weight is 327 g/mol. The van der Waals surface area contributed by atoms with Crippen molar-refractivity contribution in [2.75, 3.05) is 31.7 Å². The van der Waals surface area contributed by atoms with Crippen LogP contribution in [0, 0.1) is 5.92 Å². The number of ether oxygens (including phenoxy) is 2. The molecule has 1 aliphatic rings. The second-order valence-electron chi connectivity index (χ2n) is 5.83. The Morgan fingerprint density at radius 1 is 1.55 bits per heavy atom. The largest absolute Gasteiger partial charge is 0.492 e. The van der Waals surface area contributed by atoms with E-state index in [4.69, 9.17) is 21.1 Å². The highest BCUT2D eigenvalue weighted by Crippen LogP contribution is 2.28. The minimum Gasteiger partial charge on any atom is -0.492 e. The number of carbonyl (C=O) groups is 1. The van der Waals surface area contributed by atoms with E-state index in [9.17, 15) is 4.79 Å². The summed E-state index contributed by atoms with van der Waals surface area (Å²) in [6, 6.07) is 5.35. The second kappa shape index (κ2) is 8.36. The van der Waals surface area contributed by atoms with Crippen LogP contribution in [0.4, 0.5) is 5.69 Å². The van der Waals surface area contributed by atoms with Gasteiger partial charge >= 0.3 is 0 Å². The average Bonchev–Trinajstić information content (AvgIpc) is 2.47. The van der Waals surface area contributed by atoms with Crippen molar-refractivity contribution in [3.05, 3.63) is 23.2 Å². The van der Waals surface area contributed by atoms with E-state index in [0.29, 0.717) is 48.6 Å². The zero-order valence-corrected chi connectivity index (χ0v) is 13.8. The summed E-state index contributed by atoms with van der Waals surface area (Å²) in [6.07, 6.45) is 0.378. The monoisotopic (exact) mass is 326 g/mol. The van der Waals surface area contributed by atoms with Gasteiger partial charge in [0.05, 0.1) is 24.8 Å². The summed E-state index contributed by atoms with van der Waals surface area (Å²) >= 11 is 6.18.